The fourth-order valence-corrected chi connectivity index (χ4v) is 4.15. The number of sulfonamides is 1. The molecule has 0 saturated heterocycles. The number of amides is 2. The van der Waals surface area contributed by atoms with E-state index < -0.39 is 34.3 Å². The fourth-order valence-electron chi connectivity index (χ4n) is 3.13. The molecule has 2 rings (SSSR count). The van der Waals surface area contributed by atoms with E-state index in [0.717, 1.165) is 33.8 Å². The Kier molecular flexibility index (Phi) is 8.63. The van der Waals surface area contributed by atoms with E-state index in [-0.39, 0.29) is 23.2 Å². The number of halogens is 2. The Labute approximate surface area is 193 Å². The number of benzene rings is 2. The summed E-state index contributed by atoms with van der Waals surface area (Å²) in [6, 6.07) is 9.97. The summed E-state index contributed by atoms with van der Waals surface area (Å²) in [5, 5.41) is 2.42. The Morgan fingerprint density at radius 3 is 2.41 bits per heavy atom. The molecule has 2 amide bonds. The molecule has 0 heterocycles. The van der Waals surface area contributed by atoms with Crippen LogP contribution in [0.1, 0.15) is 25.0 Å². The third kappa shape index (κ3) is 6.43. The van der Waals surface area contributed by atoms with Crippen molar-refractivity contribution in [1.29, 1.82) is 0 Å². The highest BCUT2D eigenvalue weighted by Crippen LogP contribution is 2.25. The van der Waals surface area contributed by atoms with Gasteiger partial charge in [0, 0.05) is 13.1 Å². The summed E-state index contributed by atoms with van der Waals surface area (Å²) in [4.78, 5) is 27.2. The first-order valence-electron chi connectivity index (χ1n) is 10.00. The lowest BCUT2D eigenvalue weighted by Crippen LogP contribution is -2.51. The van der Waals surface area contributed by atoms with Crippen molar-refractivity contribution in [3.8, 4) is 0 Å². The van der Waals surface area contributed by atoms with Crippen molar-refractivity contribution in [3.05, 3.63) is 64.4 Å². The maximum absolute atomic E-state index is 13.6. The highest BCUT2D eigenvalue weighted by atomic mass is 35.5. The topological polar surface area (TPSA) is 86.8 Å². The fraction of sp³-hybridized carbons (Fsp3) is 0.364. The first kappa shape index (κ1) is 25.6. The van der Waals surface area contributed by atoms with Gasteiger partial charge in [-0.1, -0.05) is 35.9 Å². The minimum atomic E-state index is -3.91. The van der Waals surface area contributed by atoms with E-state index in [4.69, 9.17) is 11.6 Å². The van der Waals surface area contributed by atoms with E-state index in [0.29, 0.717) is 6.54 Å². The molecule has 7 nitrogen and oxygen atoms in total. The average Bonchev–Trinajstić information content (AvgIpc) is 2.72. The quantitative estimate of drug-likeness (QED) is 0.593. The summed E-state index contributed by atoms with van der Waals surface area (Å²) in [5.74, 6) is -1.65. The lowest BCUT2D eigenvalue weighted by molar-refractivity contribution is -0.139. The lowest BCUT2D eigenvalue weighted by Gasteiger charge is -2.31. The molecule has 1 N–H and O–H groups in total. The number of hydrogen-bond donors (Lipinski definition) is 1. The number of nitrogens with zero attached hydrogens (tertiary/aromatic N) is 2. The minimum Gasteiger partial charge on any atom is -0.355 e. The molecule has 0 aliphatic carbocycles. The van der Waals surface area contributed by atoms with Crippen molar-refractivity contribution < 1.29 is 22.4 Å². The van der Waals surface area contributed by atoms with Crippen LogP contribution in [0.4, 0.5) is 10.1 Å². The van der Waals surface area contributed by atoms with Crippen LogP contribution >= 0.6 is 11.6 Å². The number of likely N-dealkylation sites (N-methyl/N-ethyl adjacent to an activating group) is 1. The predicted octanol–water partition coefficient (Wildman–Crippen LogP) is 3.11. The highest BCUT2D eigenvalue weighted by molar-refractivity contribution is 7.92. The van der Waals surface area contributed by atoms with Crippen LogP contribution in [0, 0.1) is 12.7 Å². The van der Waals surface area contributed by atoms with Crippen molar-refractivity contribution in [2.24, 2.45) is 0 Å². The number of hydrogen-bond acceptors (Lipinski definition) is 4. The Morgan fingerprint density at radius 2 is 1.84 bits per heavy atom. The monoisotopic (exact) mass is 483 g/mol. The summed E-state index contributed by atoms with van der Waals surface area (Å²) in [7, 11) is -3.91. The lowest BCUT2D eigenvalue weighted by atomic mass is 10.1. The van der Waals surface area contributed by atoms with Gasteiger partial charge in [0.1, 0.15) is 18.4 Å². The molecule has 1 atom stereocenters. The number of anilines is 1. The van der Waals surface area contributed by atoms with Gasteiger partial charge < -0.3 is 10.2 Å². The van der Waals surface area contributed by atoms with E-state index in [9.17, 15) is 22.4 Å². The summed E-state index contributed by atoms with van der Waals surface area (Å²) in [6.45, 7) is 5.17. The molecule has 0 aliphatic heterocycles. The van der Waals surface area contributed by atoms with Crippen LogP contribution in [0.3, 0.4) is 0 Å². The SMILES string of the molecule is CCNC(=O)C(C)N(Cc1ccccc1C)C(=O)CN(c1ccc(F)c(Cl)c1)S(C)(=O)=O. The van der Waals surface area contributed by atoms with Gasteiger partial charge in [0.05, 0.1) is 17.0 Å². The standard InChI is InChI=1S/C22H27ClFN3O4S/c1-5-25-22(29)16(3)26(13-17-9-7-6-8-15(17)2)21(28)14-27(32(4,30)31)18-10-11-20(24)19(23)12-18/h6-12,16H,5,13-14H2,1-4H3,(H,25,29). The first-order chi connectivity index (χ1) is 15.0. The van der Waals surface area contributed by atoms with Gasteiger partial charge in [0.15, 0.2) is 0 Å². The molecule has 0 aromatic heterocycles. The molecule has 2 aromatic carbocycles. The number of rotatable bonds is 9. The van der Waals surface area contributed by atoms with Gasteiger partial charge in [0.25, 0.3) is 0 Å². The van der Waals surface area contributed by atoms with E-state index in [2.05, 4.69) is 5.32 Å². The number of nitrogens with one attached hydrogen (secondary N) is 1. The maximum atomic E-state index is 13.6. The maximum Gasteiger partial charge on any atom is 0.244 e. The second-order valence-corrected chi connectivity index (χ2v) is 9.70. The molecule has 1 unspecified atom stereocenters. The van der Waals surface area contributed by atoms with Crippen LogP contribution < -0.4 is 9.62 Å². The molecule has 174 valence electrons. The Morgan fingerprint density at radius 1 is 1.19 bits per heavy atom. The summed E-state index contributed by atoms with van der Waals surface area (Å²) >= 11 is 5.81. The Balaban J connectivity index is 2.42. The van der Waals surface area contributed by atoms with E-state index in [1.54, 1.807) is 13.8 Å². The van der Waals surface area contributed by atoms with E-state index in [1.165, 1.54) is 11.0 Å². The second kappa shape index (κ2) is 10.8. The van der Waals surface area contributed by atoms with Crippen molar-refractivity contribution in [2.75, 3.05) is 23.7 Å². The average molecular weight is 484 g/mol. The zero-order chi connectivity index (χ0) is 24.1. The second-order valence-electron chi connectivity index (χ2n) is 7.39. The molecule has 10 heteroatoms. The predicted molar refractivity (Wildman–Crippen MR) is 123 cm³/mol. The molecule has 0 saturated carbocycles. The van der Waals surface area contributed by atoms with Gasteiger partial charge >= 0.3 is 0 Å². The van der Waals surface area contributed by atoms with Gasteiger partial charge in [-0.25, -0.2) is 12.8 Å². The van der Waals surface area contributed by atoms with Gasteiger partial charge in [0.2, 0.25) is 21.8 Å². The third-order valence-electron chi connectivity index (χ3n) is 4.99. The Bertz CT molecular complexity index is 1090. The number of carbonyl (C=O) groups is 2. The van der Waals surface area contributed by atoms with Crippen molar-refractivity contribution >= 4 is 39.1 Å². The normalized spacial score (nSPS) is 12.2. The summed E-state index contributed by atoms with van der Waals surface area (Å²) < 4.78 is 39.3. The molecule has 0 aliphatic rings. The van der Waals surface area contributed by atoms with E-state index >= 15 is 0 Å². The molecule has 2 aromatic rings. The third-order valence-corrected chi connectivity index (χ3v) is 6.42. The number of aryl methyl sites for hydroxylation is 1. The molecular formula is C22H27ClFN3O4S. The van der Waals surface area contributed by atoms with Gasteiger partial charge in [-0.2, -0.15) is 0 Å². The van der Waals surface area contributed by atoms with Crippen LogP contribution in [0.25, 0.3) is 0 Å². The van der Waals surface area contributed by atoms with Crippen LogP contribution in [-0.2, 0) is 26.2 Å². The zero-order valence-corrected chi connectivity index (χ0v) is 20.0. The van der Waals surface area contributed by atoms with Crippen LogP contribution in [-0.4, -0.2) is 50.5 Å². The first-order valence-corrected chi connectivity index (χ1v) is 12.2. The van der Waals surface area contributed by atoms with Crippen LogP contribution in [0.15, 0.2) is 42.5 Å². The van der Waals surface area contributed by atoms with Gasteiger partial charge in [-0.05, 0) is 50.1 Å². The molecule has 32 heavy (non-hydrogen) atoms. The Hall–Kier alpha value is -2.65. The van der Waals surface area contributed by atoms with Crippen molar-refractivity contribution in [1.82, 2.24) is 10.2 Å². The molecule has 0 spiro atoms. The molecule has 0 radical (unpaired) electrons. The summed E-state index contributed by atoms with van der Waals surface area (Å²) in [6.07, 6.45) is 0.941. The van der Waals surface area contributed by atoms with Gasteiger partial charge in [-0.15, -0.1) is 0 Å². The largest absolute Gasteiger partial charge is 0.355 e. The molecule has 0 fully saturated rings. The molecular weight excluding hydrogens is 457 g/mol. The minimum absolute atomic E-state index is 0.0498. The van der Waals surface area contributed by atoms with Crippen LogP contribution in [0.5, 0.6) is 0 Å². The molecule has 0 bridgehead atoms. The van der Waals surface area contributed by atoms with Crippen molar-refractivity contribution in [2.45, 2.75) is 33.4 Å². The smallest absolute Gasteiger partial charge is 0.244 e. The van der Waals surface area contributed by atoms with Crippen molar-refractivity contribution in [3.63, 3.8) is 0 Å². The van der Waals surface area contributed by atoms with Gasteiger partial charge in [-0.3, -0.25) is 13.9 Å². The highest BCUT2D eigenvalue weighted by Gasteiger charge is 2.30. The van der Waals surface area contributed by atoms with E-state index in [1.807, 2.05) is 31.2 Å². The zero-order valence-electron chi connectivity index (χ0n) is 18.4. The number of carbonyl (C=O) groups excluding carboxylic acids is 2. The van der Waals surface area contributed by atoms with Crippen LogP contribution in [0.2, 0.25) is 5.02 Å². The summed E-state index contributed by atoms with van der Waals surface area (Å²) in [5.41, 5.74) is 1.81.